The minimum atomic E-state index is -3.42. The summed E-state index contributed by atoms with van der Waals surface area (Å²) in [7, 11) is -3.42. The number of anilines is 1. The summed E-state index contributed by atoms with van der Waals surface area (Å²) in [5.74, 6) is -0.550. The first-order chi connectivity index (χ1) is 10.3. The Morgan fingerprint density at radius 2 is 1.68 bits per heavy atom. The van der Waals surface area contributed by atoms with E-state index in [9.17, 15) is 13.2 Å². The molecular formula is C16H16ClNO3S. The minimum Gasteiger partial charge on any atom is -0.325 e. The summed E-state index contributed by atoms with van der Waals surface area (Å²) in [6, 6.07) is 14.5. The van der Waals surface area contributed by atoms with Crippen LogP contribution in [0.2, 0.25) is 5.02 Å². The number of nitrogens with one attached hydrogen (secondary N) is 1. The molecule has 0 aliphatic carbocycles. The first-order valence-electron chi connectivity index (χ1n) is 6.63. The van der Waals surface area contributed by atoms with Crippen molar-refractivity contribution in [2.75, 3.05) is 11.6 Å². The summed E-state index contributed by atoms with van der Waals surface area (Å²) >= 11 is 5.97. The number of rotatable bonds is 4. The van der Waals surface area contributed by atoms with Crippen LogP contribution < -0.4 is 5.32 Å². The molecule has 116 valence electrons. The van der Waals surface area contributed by atoms with Gasteiger partial charge in [0.15, 0.2) is 9.84 Å². The van der Waals surface area contributed by atoms with Gasteiger partial charge in [-0.25, -0.2) is 8.42 Å². The van der Waals surface area contributed by atoms with Crippen LogP contribution in [-0.2, 0) is 14.6 Å². The normalized spacial score (nSPS) is 12.7. The van der Waals surface area contributed by atoms with E-state index in [1.165, 1.54) is 6.92 Å². The highest BCUT2D eigenvalue weighted by Gasteiger charge is 2.23. The second-order valence-electron chi connectivity index (χ2n) is 5.05. The fourth-order valence-corrected chi connectivity index (χ4v) is 2.52. The van der Waals surface area contributed by atoms with Crippen LogP contribution in [-0.4, -0.2) is 25.8 Å². The van der Waals surface area contributed by atoms with E-state index in [1.54, 1.807) is 24.3 Å². The first kappa shape index (κ1) is 16.5. The van der Waals surface area contributed by atoms with E-state index in [1.807, 2.05) is 24.3 Å². The van der Waals surface area contributed by atoms with Gasteiger partial charge in [0.2, 0.25) is 5.91 Å². The van der Waals surface area contributed by atoms with Gasteiger partial charge in [0, 0.05) is 17.0 Å². The molecule has 0 saturated carbocycles. The van der Waals surface area contributed by atoms with Crippen molar-refractivity contribution in [2.45, 2.75) is 12.2 Å². The number of amides is 1. The van der Waals surface area contributed by atoms with Crippen molar-refractivity contribution < 1.29 is 13.2 Å². The van der Waals surface area contributed by atoms with Crippen LogP contribution in [0.3, 0.4) is 0 Å². The highest BCUT2D eigenvalue weighted by Crippen LogP contribution is 2.25. The maximum absolute atomic E-state index is 11.9. The molecule has 1 N–H and O–H groups in total. The third-order valence-corrected chi connectivity index (χ3v) is 5.03. The van der Waals surface area contributed by atoms with E-state index in [0.29, 0.717) is 10.7 Å². The Kier molecular flexibility index (Phi) is 4.88. The number of hydrogen-bond acceptors (Lipinski definition) is 3. The zero-order valence-electron chi connectivity index (χ0n) is 12.2. The summed E-state index contributed by atoms with van der Waals surface area (Å²) in [6.45, 7) is 1.37. The molecule has 0 aromatic heterocycles. The Morgan fingerprint density at radius 3 is 2.27 bits per heavy atom. The zero-order chi connectivity index (χ0) is 16.3. The second-order valence-corrected chi connectivity index (χ2v) is 7.85. The van der Waals surface area contributed by atoms with Gasteiger partial charge in [-0.1, -0.05) is 35.9 Å². The molecule has 0 unspecified atom stereocenters. The largest absolute Gasteiger partial charge is 0.325 e. The third kappa shape index (κ3) is 4.08. The lowest BCUT2D eigenvalue weighted by Crippen LogP contribution is -2.31. The monoisotopic (exact) mass is 337 g/mol. The lowest BCUT2D eigenvalue weighted by Gasteiger charge is -2.11. The Hall–Kier alpha value is -1.85. The Balaban J connectivity index is 2.24. The lowest BCUT2D eigenvalue weighted by atomic mass is 10.1. The van der Waals surface area contributed by atoms with Crippen molar-refractivity contribution in [2.24, 2.45) is 0 Å². The molecule has 0 radical (unpaired) electrons. The molecule has 0 spiro atoms. The van der Waals surface area contributed by atoms with E-state index >= 15 is 0 Å². The molecule has 4 nitrogen and oxygen atoms in total. The van der Waals surface area contributed by atoms with Crippen LogP contribution in [0, 0.1) is 0 Å². The highest BCUT2D eigenvalue weighted by atomic mass is 35.5. The second kappa shape index (κ2) is 6.50. The SMILES string of the molecule is C[C@@H](C(=O)Nc1cccc(-c2cccc(Cl)c2)c1)S(C)(=O)=O. The van der Waals surface area contributed by atoms with Crippen LogP contribution in [0.4, 0.5) is 5.69 Å². The minimum absolute atomic E-state index is 0.540. The molecule has 0 fully saturated rings. The molecular weight excluding hydrogens is 322 g/mol. The van der Waals surface area contributed by atoms with Crippen molar-refractivity contribution in [1.29, 1.82) is 0 Å². The van der Waals surface area contributed by atoms with Crippen molar-refractivity contribution in [3.8, 4) is 11.1 Å². The van der Waals surface area contributed by atoms with Crippen LogP contribution in [0.5, 0.6) is 0 Å². The maximum atomic E-state index is 11.9. The van der Waals surface area contributed by atoms with Crippen LogP contribution in [0.15, 0.2) is 48.5 Å². The summed E-state index contributed by atoms with van der Waals surface area (Å²) in [6.07, 6.45) is 1.04. The quantitative estimate of drug-likeness (QED) is 0.930. The molecule has 1 atom stereocenters. The van der Waals surface area contributed by atoms with E-state index in [4.69, 9.17) is 11.6 Å². The number of benzene rings is 2. The summed E-state index contributed by atoms with van der Waals surface area (Å²) in [5.41, 5.74) is 2.34. The smallest absolute Gasteiger partial charge is 0.242 e. The number of halogens is 1. The van der Waals surface area contributed by atoms with Gasteiger partial charge in [0.25, 0.3) is 0 Å². The Bertz CT molecular complexity index is 803. The third-order valence-electron chi connectivity index (χ3n) is 3.30. The van der Waals surface area contributed by atoms with Gasteiger partial charge in [0.1, 0.15) is 5.25 Å². The topological polar surface area (TPSA) is 63.2 Å². The van der Waals surface area contributed by atoms with Crippen molar-refractivity contribution in [3.63, 3.8) is 0 Å². The number of sulfone groups is 1. The average Bonchev–Trinajstić information content (AvgIpc) is 2.45. The molecule has 0 aliphatic heterocycles. The molecule has 2 aromatic carbocycles. The van der Waals surface area contributed by atoms with Crippen LogP contribution in [0.1, 0.15) is 6.92 Å². The van der Waals surface area contributed by atoms with E-state index < -0.39 is 21.0 Å². The van der Waals surface area contributed by atoms with Crippen LogP contribution >= 0.6 is 11.6 Å². The average molecular weight is 338 g/mol. The lowest BCUT2D eigenvalue weighted by molar-refractivity contribution is -0.115. The molecule has 0 saturated heterocycles. The summed E-state index contributed by atoms with van der Waals surface area (Å²) in [4.78, 5) is 11.9. The number of carbonyl (C=O) groups excluding carboxylic acids is 1. The molecule has 2 rings (SSSR count). The van der Waals surface area contributed by atoms with Gasteiger partial charge in [-0.2, -0.15) is 0 Å². The van der Waals surface area contributed by atoms with Crippen molar-refractivity contribution in [1.82, 2.24) is 0 Å². The molecule has 0 heterocycles. The van der Waals surface area contributed by atoms with E-state index in [2.05, 4.69) is 5.32 Å². The number of carbonyl (C=O) groups is 1. The molecule has 1 amide bonds. The van der Waals surface area contributed by atoms with Gasteiger partial charge >= 0.3 is 0 Å². The molecule has 2 aromatic rings. The fourth-order valence-electron chi connectivity index (χ4n) is 1.88. The summed E-state index contributed by atoms with van der Waals surface area (Å²) < 4.78 is 22.8. The number of hydrogen-bond donors (Lipinski definition) is 1. The fraction of sp³-hybridized carbons (Fsp3) is 0.188. The Labute approximate surface area is 135 Å². The predicted octanol–water partition coefficient (Wildman–Crippen LogP) is 3.38. The van der Waals surface area contributed by atoms with Gasteiger partial charge in [-0.05, 0) is 42.3 Å². The van der Waals surface area contributed by atoms with Gasteiger partial charge in [-0.3, -0.25) is 4.79 Å². The van der Waals surface area contributed by atoms with Crippen LogP contribution in [0.25, 0.3) is 11.1 Å². The van der Waals surface area contributed by atoms with Crippen molar-refractivity contribution in [3.05, 3.63) is 53.6 Å². The molecule has 0 aliphatic rings. The standard InChI is InChI=1S/C16H16ClNO3S/c1-11(22(2,20)21)16(19)18-15-8-4-6-13(10-15)12-5-3-7-14(17)9-12/h3-11H,1-2H3,(H,18,19)/t11-/m0/s1. The van der Waals surface area contributed by atoms with Crippen molar-refractivity contribution >= 4 is 33.0 Å². The molecule has 6 heteroatoms. The van der Waals surface area contributed by atoms with E-state index in [0.717, 1.165) is 17.4 Å². The maximum Gasteiger partial charge on any atom is 0.242 e. The molecule has 22 heavy (non-hydrogen) atoms. The Morgan fingerprint density at radius 1 is 1.09 bits per heavy atom. The highest BCUT2D eigenvalue weighted by molar-refractivity contribution is 7.92. The van der Waals surface area contributed by atoms with Gasteiger partial charge < -0.3 is 5.32 Å². The molecule has 0 bridgehead atoms. The van der Waals surface area contributed by atoms with E-state index in [-0.39, 0.29) is 0 Å². The van der Waals surface area contributed by atoms with Gasteiger partial charge in [-0.15, -0.1) is 0 Å². The predicted molar refractivity (Wildman–Crippen MR) is 89.8 cm³/mol. The van der Waals surface area contributed by atoms with Gasteiger partial charge in [0.05, 0.1) is 0 Å². The zero-order valence-corrected chi connectivity index (χ0v) is 13.8. The first-order valence-corrected chi connectivity index (χ1v) is 8.96. The summed E-state index contributed by atoms with van der Waals surface area (Å²) in [5, 5.41) is 2.15.